The van der Waals surface area contributed by atoms with E-state index in [1.807, 2.05) is 35.2 Å². The molecule has 4 nitrogen and oxygen atoms in total. The van der Waals surface area contributed by atoms with Gasteiger partial charge in [-0.15, -0.1) is 0 Å². The molecule has 132 valence electrons. The third-order valence-corrected chi connectivity index (χ3v) is 4.86. The van der Waals surface area contributed by atoms with Gasteiger partial charge in [0.25, 0.3) is 0 Å². The number of carbonyl (C=O) groups is 1. The smallest absolute Gasteiger partial charge is 0.227 e. The number of benzene rings is 2. The van der Waals surface area contributed by atoms with Crippen molar-refractivity contribution in [3.8, 4) is 5.75 Å². The molecule has 1 aliphatic rings. The molecular weight excluding hydrogens is 312 g/mol. The summed E-state index contributed by atoms with van der Waals surface area (Å²) in [5, 5.41) is 0. The first-order valence-electron chi connectivity index (χ1n) is 8.84. The molecule has 2 aromatic carbocycles. The Morgan fingerprint density at radius 1 is 1.04 bits per heavy atom. The minimum atomic E-state index is 0.205. The Balaban J connectivity index is 1.53. The molecule has 1 amide bonds. The summed E-state index contributed by atoms with van der Waals surface area (Å²) in [6, 6.07) is 18.6. The van der Waals surface area contributed by atoms with Gasteiger partial charge in [-0.25, -0.2) is 0 Å². The van der Waals surface area contributed by atoms with Crippen molar-refractivity contribution in [3.63, 3.8) is 0 Å². The van der Waals surface area contributed by atoms with Crippen molar-refractivity contribution in [1.82, 2.24) is 9.80 Å². The lowest BCUT2D eigenvalue weighted by molar-refractivity contribution is -0.133. The van der Waals surface area contributed by atoms with Crippen LogP contribution in [0.5, 0.6) is 5.75 Å². The van der Waals surface area contributed by atoms with Gasteiger partial charge in [-0.3, -0.25) is 9.69 Å². The van der Waals surface area contributed by atoms with Crippen LogP contribution in [0.25, 0.3) is 0 Å². The summed E-state index contributed by atoms with van der Waals surface area (Å²) < 4.78 is 5.16. The average Bonchev–Trinajstić information content (AvgIpc) is 2.65. The molecule has 1 heterocycles. The monoisotopic (exact) mass is 338 g/mol. The average molecular weight is 338 g/mol. The van der Waals surface area contributed by atoms with Crippen molar-refractivity contribution in [3.05, 3.63) is 65.7 Å². The number of amides is 1. The Morgan fingerprint density at radius 2 is 1.76 bits per heavy atom. The number of piperazine rings is 1. The zero-order chi connectivity index (χ0) is 17.6. The summed E-state index contributed by atoms with van der Waals surface area (Å²) in [5.74, 6) is 1.02. The maximum Gasteiger partial charge on any atom is 0.227 e. The number of nitrogens with zero attached hydrogens (tertiary/aromatic N) is 2. The SMILES string of the molecule is COc1ccc(CC(=O)N2CCN(Cc3ccccc3)C(C)C2)cc1. The summed E-state index contributed by atoms with van der Waals surface area (Å²) in [4.78, 5) is 17.1. The van der Waals surface area contributed by atoms with E-state index in [9.17, 15) is 4.79 Å². The first-order valence-corrected chi connectivity index (χ1v) is 8.84. The van der Waals surface area contributed by atoms with Gasteiger partial charge in [0.2, 0.25) is 5.91 Å². The van der Waals surface area contributed by atoms with Gasteiger partial charge in [-0.05, 0) is 30.2 Å². The van der Waals surface area contributed by atoms with Crippen molar-refractivity contribution in [1.29, 1.82) is 0 Å². The molecule has 0 N–H and O–H groups in total. The van der Waals surface area contributed by atoms with Crippen LogP contribution < -0.4 is 4.74 Å². The maximum atomic E-state index is 12.6. The summed E-state index contributed by atoms with van der Waals surface area (Å²) >= 11 is 0. The summed E-state index contributed by atoms with van der Waals surface area (Å²) in [7, 11) is 1.65. The molecule has 0 bridgehead atoms. The fourth-order valence-electron chi connectivity index (χ4n) is 3.30. The van der Waals surface area contributed by atoms with Gasteiger partial charge in [-0.1, -0.05) is 42.5 Å². The van der Waals surface area contributed by atoms with Gasteiger partial charge >= 0.3 is 0 Å². The molecule has 1 fully saturated rings. The quantitative estimate of drug-likeness (QED) is 0.840. The Labute approximate surface area is 150 Å². The van der Waals surface area contributed by atoms with Crippen molar-refractivity contribution < 1.29 is 9.53 Å². The van der Waals surface area contributed by atoms with Crippen LogP contribution >= 0.6 is 0 Å². The molecule has 0 saturated carbocycles. The van der Waals surface area contributed by atoms with Gasteiger partial charge in [0, 0.05) is 32.2 Å². The van der Waals surface area contributed by atoms with Crippen molar-refractivity contribution >= 4 is 5.91 Å². The van der Waals surface area contributed by atoms with Crippen LogP contribution in [0.15, 0.2) is 54.6 Å². The van der Waals surface area contributed by atoms with Gasteiger partial charge in [0.05, 0.1) is 13.5 Å². The zero-order valence-electron chi connectivity index (χ0n) is 15.0. The first kappa shape index (κ1) is 17.5. The normalized spacial score (nSPS) is 18.2. The van der Waals surface area contributed by atoms with E-state index in [1.165, 1.54) is 5.56 Å². The Kier molecular flexibility index (Phi) is 5.71. The molecule has 0 spiro atoms. The molecule has 3 rings (SSSR count). The van der Waals surface area contributed by atoms with Gasteiger partial charge in [0.1, 0.15) is 5.75 Å². The van der Waals surface area contributed by atoms with E-state index < -0.39 is 0 Å². The summed E-state index contributed by atoms with van der Waals surface area (Å²) in [5.41, 5.74) is 2.36. The molecule has 4 heteroatoms. The van der Waals surface area contributed by atoms with Crippen molar-refractivity contribution in [2.45, 2.75) is 25.9 Å². The highest BCUT2D eigenvalue weighted by atomic mass is 16.5. The molecule has 1 unspecified atom stereocenters. The van der Waals surface area contributed by atoms with Crippen LogP contribution in [0.2, 0.25) is 0 Å². The fourth-order valence-corrected chi connectivity index (χ4v) is 3.30. The highest BCUT2D eigenvalue weighted by molar-refractivity contribution is 5.79. The molecule has 1 atom stereocenters. The van der Waals surface area contributed by atoms with Gasteiger partial charge in [0.15, 0.2) is 0 Å². The summed E-state index contributed by atoms with van der Waals surface area (Å²) in [6.07, 6.45) is 0.454. The second-order valence-electron chi connectivity index (χ2n) is 6.67. The number of hydrogen-bond donors (Lipinski definition) is 0. The fraction of sp³-hybridized carbons (Fsp3) is 0.381. The largest absolute Gasteiger partial charge is 0.497 e. The van der Waals surface area contributed by atoms with Crippen molar-refractivity contribution in [2.24, 2.45) is 0 Å². The predicted octanol–water partition coefficient (Wildman–Crippen LogP) is 2.97. The van der Waals surface area contributed by atoms with Crippen LogP contribution in [-0.2, 0) is 17.8 Å². The van der Waals surface area contributed by atoms with E-state index in [2.05, 4.69) is 36.1 Å². The van der Waals surface area contributed by atoms with E-state index in [0.29, 0.717) is 12.5 Å². The van der Waals surface area contributed by atoms with Crippen LogP contribution in [0.1, 0.15) is 18.1 Å². The minimum absolute atomic E-state index is 0.205. The lowest BCUT2D eigenvalue weighted by atomic mass is 10.1. The molecule has 0 aliphatic carbocycles. The van der Waals surface area contributed by atoms with E-state index in [4.69, 9.17) is 4.74 Å². The Hall–Kier alpha value is -2.33. The Morgan fingerprint density at radius 3 is 2.40 bits per heavy atom. The molecule has 1 aliphatic heterocycles. The van der Waals surface area contributed by atoms with Gasteiger partial charge in [-0.2, -0.15) is 0 Å². The molecular formula is C21H26N2O2. The highest BCUT2D eigenvalue weighted by Crippen LogP contribution is 2.16. The van der Waals surface area contributed by atoms with Gasteiger partial charge < -0.3 is 9.64 Å². The Bertz CT molecular complexity index is 685. The minimum Gasteiger partial charge on any atom is -0.497 e. The van der Waals surface area contributed by atoms with Crippen LogP contribution in [0.4, 0.5) is 0 Å². The molecule has 1 saturated heterocycles. The van der Waals surface area contributed by atoms with Crippen molar-refractivity contribution in [2.75, 3.05) is 26.7 Å². The van der Waals surface area contributed by atoms with E-state index in [1.54, 1.807) is 7.11 Å². The number of rotatable bonds is 5. The topological polar surface area (TPSA) is 32.8 Å². The standard InChI is InChI=1S/C21H26N2O2/c1-17-15-23(13-12-22(17)16-19-6-4-3-5-7-19)21(24)14-18-8-10-20(25-2)11-9-18/h3-11,17H,12-16H2,1-2H3. The zero-order valence-corrected chi connectivity index (χ0v) is 15.0. The molecule has 0 radical (unpaired) electrons. The number of methoxy groups -OCH3 is 1. The molecule has 25 heavy (non-hydrogen) atoms. The van der Waals surface area contributed by atoms with E-state index >= 15 is 0 Å². The van der Waals surface area contributed by atoms with Crippen LogP contribution in [0.3, 0.4) is 0 Å². The number of carbonyl (C=O) groups excluding carboxylic acids is 1. The molecule has 2 aromatic rings. The summed E-state index contributed by atoms with van der Waals surface area (Å²) in [6.45, 7) is 5.66. The number of ether oxygens (including phenoxy) is 1. The van der Waals surface area contributed by atoms with E-state index in [-0.39, 0.29) is 5.91 Å². The number of hydrogen-bond acceptors (Lipinski definition) is 3. The third-order valence-electron chi connectivity index (χ3n) is 4.86. The maximum absolute atomic E-state index is 12.6. The van der Waals surface area contributed by atoms with E-state index in [0.717, 1.165) is 37.5 Å². The van der Waals surface area contributed by atoms with Crippen LogP contribution in [-0.4, -0.2) is 48.5 Å². The van der Waals surface area contributed by atoms with Crippen LogP contribution in [0, 0.1) is 0 Å². The third kappa shape index (κ3) is 4.60. The first-order chi connectivity index (χ1) is 12.2. The second-order valence-corrected chi connectivity index (χ2v) is 6.67. The lowest BCUT2D eigenvalue weighted by Gasteiger charge is -2.40. The highest BCUT2D eigenvalue weighted by Gasteiger charge is 2.26. The lowest BCUT2D eigenvalue weighted by Crippen LogP contribution is -2.53. The second kappa shape index (κ2) is 8.17. The predicted molar refractivity (Wildman–Crippen MR) is 99.6 cm³/mol. The molecule has 0 aromatic heterocycles.